The van der Waals surface area contributed by atoms with E-state index in [-0.39, 0.29) is 36.5 Å². The van der Waals surface area contributed by atoms with Gasteiger partial charge in [-0.1, -0.05) is 36.4 Å². The molecule has 12 rings (SSSR count). The molecule has 4 N–H and O–H groups in total. The van der Waals surface area contributed by atoms with Crippen molar-refractivity contribution in [2.24, 2.45) is 0 Å². The molecule has 8 atom stereocenters. The smallest absolute Gasteiger partial charge is 0.265 e. The van der Waals surface area contributed by atoms with E-state index in [9.17, 15) is 19.8 Å². The van der Waals surface area contributed by atoms with Gasteiger partial charge in [0.25, 0.3) is 23.6 Å². The second kappa shape index (κ2) is 10.7. The molecular formula is C30H28N6O6S8. The van der Waals surface area contributed by atoms with Crippen LogP contribution in [0.15, 0.2) is 48.5 Å². The first kappa shape index (κ1) is 33.2. The fourth-order valence-corrected chi connectivity index (χ4v) is 25.3. The van der Waals surface area contributed by atoms with Crippen LogP contribution in [-0.2, 0) is 30.0 Å². The minimum Gasteiger partial charge on any atom is -0.392 e. The highest BCUT2D eigenvalue weighted by Crippen LogP contribution is 2.78. The number of likely N-dealkylation sites (N-methyl/N-ethyl adjacent to an activating group) is 2. The molecule has 2 aromatic rings. The molecule has 0 aliphatic carbocycles. The third kappa shape index (κ3) is 3.38. The summed E-state index contributed by atoms with van der Waals surface area (Å²) in [4.78, 5) is 60.6. The van der Waals surface area contributed by atoms with Crippen LogP contribution in [0, 0.1) is 0 Å². The highest BCUT2D eigenvalue weighted by atomic mass is 33.7. The molecule has 2 spiro atoms. The maximum atomic E-state index is 15.1. The Morgan fingerprint density at radius 2 is 1.00 bits per heavy atom. The minimum absolute atomic E-state index is 0.190. The lowest BCUT2D eigenvalue weighted by Crippen LogP contribution is -2.75. The summed E-state index contributed by atoms with van der Waals surface area (Å²) in [6, 6.07) is 15.8. The number of piperazine rings is 2. The number of hydrogen-bond acceptors (Lipinski definition) is 16. The van der Waals surface area contributed by atoms with E-state index < -0.39 is 55.9 Å². The van der Waals surface area contributed by atoms with Crippen LogP contribution >= 0.6 is 82.5 Å². The minimum atomic E-state index is -1.54. The van der Waals surface area contributed by atoms with Crippen LogP contribution < -0.4 is 10.6 Å². The summed E-state index contributed by atoms with van der Waals surface area (Å²) in [5.41, 5.74) is 1.29. The molecule has 0 radical (unpaired) electrons. The van der Waals surface area contributed by atoms with E-state index in [0.717, 1.165) is 22.5 Å². The van der Waals surface area contributed by atoms with Crippen LogP contribution in [0.4, 0.5) is 11.4 Å². The highest BCUT2D eigenvalue weighted by Gasteiger charge is 2.86. The molecule has 0 saturated carbocycles. The number of nitrogens with zero attached hydrogens (tertiary/aromatic N) is 4. The van der Waals surface area contributed by atoms with Gasteiger partial charge < -0.3 is 30.6 Å². The third-order valence-corrected chi connectivity index (χ3v) is 26.7. The van der Waals surface area contributed by atoms with Crippen LogP contribution in [0.25, 0.3) is 0 Å². The number of fused-ring (bicyclic) bond motifs is 15. The topological polar surface area (TPSA) is 146 Å². The van der Waals surface area contributed by atoms with Crippen molar-refractivity contribution < 1.29 is 29.4 Å². The van der Waals surface area contributed by atoms with E-state index in [0.29, 0.717) is 0 Å². The third-order valence-electron chi connectivity index (χ3n) is 12.1. The average Bonchev–Trinajstić information content (AvgIpc) is 3.80. The van der Waals surface area contributed by atoms with Crippen LogP contribution in [0.2, 0.25) is 0 Å². The first-order chi connectivity index (χ1) is 24.1. The van der Waals surface area contributed by atoms with Crippen molar-refractivity contribution >= 4 is 117 Å². The van der Waals surface area contributed by atoms with Crippen LogP contribution in [-0.4, -0.2) is 113 Å². The van der Waals surface area contributed by atoms with Crippen molar-refractivity contribution in [3.8, 4) is 0 Å². The normalized spacial score (nSPS) is 42.2. The molecule has 50 heavy (non-hydrogen) atoms. The number of amides is 4. The first-order valence-corrected chi connectivity index (χ1v) is 25.3. The first-order valence-electron chi connectivity index (χ1n) is 15.6. The predicted octanol–water partition coefficient (Wildman–Crippen LogP) is 3.93. The van der Waals surface area contributed by atoms with Gasteiger partial charge in [0.2, 0.25) is 9.74 Å². The highest BCUT2D eigenvalue weighted by molar-refractivity contribution is 9.27. The van der Waals surface area contributed by atoms with E-state index in [2.05, 4.69) is 10.6 Å². The molecule has 12 nitrogen and oxygen atoms in total. The maximum absolute atomic E-state index is 15.1. The van der Waals surface area contributed by atoms with Gasteiger partial charge in [-0.3, -0.25) is 29.0 Å². The molecule has 2 aromatic carbocycles. The predicted molar refractivity (Wildman–Crippen MR) is 205 cm³/mol. The standard InChI is InChI=1S/C30H28N6O6S8/c1-33-21(39)27-11-25(15-7-3-5-9-17(15)31-19(25)35(27)23(41)29(33,13-37)45-49-47-43-27)26-12-28-22(40)34(2)30(14-38,46-50-48-44-28)24(42)36(28)20(26)32-18-10-6-4-8-16(18)26/h3-10,19-20,31-32,37-38H,11-14H2,1-2H3/t19-,20-,25-,26-,27-,28-,29-,30-/m0/s1. The number of hydrogen-bond donors (Lipinski definition) is 4. The van der Waals surface area contributed by atoms with Crippen LogP contribution in [0.3, 0.4) is 0 Å². The molecule has 262 valence electrons. The number of benzene rings is 2. The lowest BCUT2D eigenvalue weighted by Gasteiger charge is -2.54. The summed E-state index contributed by atoms with van der Waals surface area (Å²) in [5.74, 6) is -1.27. The van der Waals surface area contributed by atoms with E-state index in [1.165, 1.54) is 92.3 Å². The van der Waals surface area contributed by atoms with Gasteiger partial charge in [0, 0.05) is 38.3 Å². The Morgan fingerprint density at radius 1 is 0.620 bits per heavy atom. The molecule has 8 fully saturated rings. The van der Waals surface area contributed by atoms with Gasteiger partial charge in [0.15, 0.2) is 9.74 Å². The van der Waals surface area contributed by atoms with Crippen molar-refractivity contribution in [2.75, 3.05) is 37.9 Å². The SMILES string of the molecule is CN1C(=O)[C@@]23C[C@]4([C@]56C[C@@]78SSSS[C@@](CO)(C(=O)N7[C@@H]5Nc5ccccc56)N(C)C8=O)c5ccccc5N[C@H]4N2C(=O)[C@]1(CO)SSSS3. The van der Waals surface area contributed by atoms with Gasteiger partial charge in [-0.25, -0.2) is 0 Å². The summed E-state index contributed by atoms with van der Waals surface area (Å²) >= 11 is 0. The number of carbonyl (C=O) groups is 4. The fourth-order valence-electron chi connectivity index (χ4n) is 9.92. The Morgan fingerprint density at radius 3 is 1.40 bits per heavy atom. The zero-order chi connectivity index (χ0) is 34.6. The van der Waals surface area contributed by atoms with E-state index in [1.807, 2.05) is 48.5 Å². The Balaban J connectivity index is 1.30. The monoisotopic (exact) mass is 824 g/mol. The maximum Gasteiger partial charge on any atom is 0.265 e. The van der Waals surface area contributed by atoms with Crippen molar-refractivity contribution in [2.45, 2.75) is 55.5 Å². The zero-order valence-electron chi connectivity index (χ0n) is 26.2. The van der Waals surface area contributed by atoms with Crippen LogP contribution in [0.1, 0.15) is 24.0 Å². The quantitative estimate of drug-likeness (QED) is 0.332. The summed E-state index contributed by atoms with van der Waals surface area (Å²) in [7, 11) is 13.9. The molecule has 10 heterocycles. The number of carbonyl (C=O) groups excluding carboxylic acids is 4. The van der Waals surface area contributed by atoms with Gasteiger partial charge in [-0.2, -0.15) is 0 Å². The largest absolute Gasteiger partial charge is 0.392 e. The fraction of sp³-hybridized carbons (Fsp3) is 0.467. The van der Waals surface area contributed by atoms with E-state index in [1.54, 1.807) is 23.9 Å². The second-order valence-electron chi connectivity index (χ2n) is 13.6. The lowest BCUT2D eigenvalue weighted by molar-refractivity contribution is -0.166. The second-order valence-corrected chi connectivity index (χ2v) is 26.1. The van der Waals surface area contributed by atoms with Gasteiger partial charge in [0.1, 0.15) is 12.3 Å². The van der Waals surface area contributed by atoms with Gasteiger partial charge in [-0.15, -0.1) is 0 Å². The summed E-state index contributed by atoms with van der Waals surface area (Å²) < 4.78 is 0. The molecule has 4 amide bonds. The molecule has 0 unspecified atom stereocenters. The molecule has 8 saturated heterocycles. The van der Waals surface area contributed by atoms with Crippen molar-refractivity contribution in [3.05, 3.63) is 59.7 Å². The van der Waals surface area contributed by atoms with Gasteiger partial charge in [0.05, 0.1) is 24.0 Å². The number of rotatable bonds is 3. The summed E-state index contributed by atoms with van der Waals surface area (Å²) in [5, 5.41) is 29.2. The number of para-hydroxylation sites is 2. The van der Waals surface area contributed by atoms with Gasteiger partial charge in [-0.05, 0) is 106 Å². The van der Waals surface area contributed by atoms with Crippen molar-refractivity contribution in [1.29, 1.82) is 0 Å². The Labute approximate surface area is 317 Å². The lowest BCUT2D eigenvalue weighted by atomic mass is 9.54. The Hall–Kier alpha value is -1.36. The average molecular weight is 825 g/mol. The van der Waals surface area contributed by atoms with Crippen molar-refractivity contribution in [3.63, 3.8) is 0 Å². The number of anilines is 2. The zero-order valence-corrected chi connectivity index (χ0v) is 32.7. The molecule has 10 aliphatic rings. The number of aliphatic hydroxyl groups excluding tert-OH is 2. The van der Waals surface area contributed by atoms with E-state index >= 15 is 9.59 Å². The molecule has 0 aromatic heterocycles. The summed E-state index contributed by atoms with van der Waals surface area (Å²) in [6.45, 7) is -1.12. The molecule has 10 aliphatic heterocycles. The van der Waals surface area contributed by atoms with Crippen LogP contribution in [0.5, 0.6) is 0 Å². The van der Waals surface area contributed by atoms with E-state index in [4.69, 9.17) is 0 Å². The number of nitrogens with one attached hydrogen (secondary N) is 2. The Bertz CT molecular complexity index is 1820. The Kier molecular flexibility index (Phi) is 7.08. The number of aliphatic hydroxyl groups is 2. The molecule has 20 heteroatoms. The van der Waals surface area contributed by atoms with Gasteiger partial charge >= 0.3 is 0 Å². The molecular weight excluding hydrogens is 797 g/mol. The summed E-state index contributed by atoms with van der Waals surface area (Å²) in [6.07, 6.45) is -1.18. The molecule has 4 bridgehead atoms. The van der Waals surface area contributed by atoms with Crippen molar-refractivity contribution in [1.82, 2.24) is 19.6 Å².